The molecule has 2 aromatic heterocycles. The van der Waals surface area contributed by atoms with E-state index in [4.69, 9.17) is 4.74 Å². The van der Waals surface area contributed by atoms with E-state index in [2.05, 4.69) is 22.1 Å². The predicted molar refractivity (Wildman–Crippen MR) is 118 cm³/mol. The van der Waals surface area contributed by atoms with Gasteiger partial charge in [-0.05, 0) is 56.2 Å². The maximum absolute atomic E-state index is 13.3. The van der Waals surface area contributed by atoms with Crippen molar-refractivity contribution >= 4 is 11.8 Å². The molecule has 1 atom stereocenters. The lowest BCUT2D eigenvalue weighted by Gasteiger charge is -2.37. The average Bonchev–Trinajstić information content (AvgIpc) is 3.30. The zero-order valence-corrected chi connectivity index (χ0v) is 18.7. The highest BCUT2D eigenvalue weighted by Crippen LogP contribution is 2.31. The van der Waals surface area contributed by atoms with Crippen molar-refractivity contribution in [3.8, 4) is 0 Å². The molecule has 2 saturated heterocycles. The fourth-order valence-corrected chi connectivity index (χ4v) is 5.36. The fourth-order valence-electron chi connectivity index (χ4n) is 5.36. The summed E-state index contributed by atoms with van der Waals surface area (Å²) in [6.45, 7) is 6.05. The molecule has 0 aliphatic carbocycles. The van der Waals surface area contributed by atoms with Crippen molar-refractivity contribution in [3.63, 3.8) is 0 Å². The van der Waals surface area contributed by atoms with Crippen molar-refractivity contribution in [3.05, 3.63) is 47.8 Å². The van der Waals surface area contributed by atoms with E-state index in [-0.39, 0.29) is 23.8 Å². The smallest absolute Gasteiger partial charge is 0.272 e. The van der Waals surface area contributed by atoms with E-state index in [1.165, 1.54) is 5.56 Å². The molecular formula is C24H31N5O3. The van der Waals surface area contributed by atoms with Gasteiger partial charge in [-0.15, -0.1) is 0 Å². The predicted octanol–water partition coefficient (Wildman–Crippen LogP) is 2.63. The molecule has 0 N–H and O–H groups in total. The van der Waals surface area contributed by atoms with Crippen LogP contribution in [0.1, 0.15) is 66.4 Å². The Morgan fingerprint density at radius 1 is 1.00 bits per heavy atom. The van der Waals surface area contributed by atoms with Crippen LogP contribution in [0.4, 0.5) is 0 Å². The van der Waals surface area contributed by atoms with Crippen molar-refractivity contribution in [2.45, 2.75) is 51.1 Å². The molecule has 0 bridgehead atoms. The van der Waals surface area contributed by atoms with E-state index in [9.17, 15) is 9.59 Å². The molecule has 2 aromatic rings. The highest BCUT2D eigenvalue weighted by Gasteiger charge is 2.36. The van der Waals surface area contributed by atoms with E-state index in [0.29, 0.717) is 37.9 Å². The summed E-state index contributed by atoms with van der Waals surface area (Å²) >= 11 is 0. The number of carbonyl (C=O) groups is 2. The second-order valence-electron chi connectivity index (χ2n) is 9.09. The average molecular weight is 438 g/mol. The number of imidazole rings is 1. The summed E-state index contributed by atoms with van der Waals surface area (Å²) in [7, 11) is 0. The Bertz CT molecular complexity index is 961. The van der Waals surface area contributed by atoms with Crippen LogP contribution in [0.15, 0.2) is 30.7 Å². The Balaban J connectivity index is 1.25. The number of rotatable bonds is 3. The van der Waals surface area contributed by atoms with Gasteiger partial charge >= 0.3 is 0 Å². The quantitative estimate of drug-likeness (QED) is 0.737. The molecule has 5 rings (SSSR count). The largest absolute Gasteiger partial charge is 0.381 e. The fraction of sp³-hybridized carbons (Fsp3) is 0.583. The molecule has 8 heteroatoms. The number of hydrogen-bond acceptors (Lipinski definition) is 5. The Labute approximate surface area is 188 Å². The van der Waals surface area contributed by atoms with E-state index in [1.807, 2.05) is 33.7 Å². The Morgan fingerprint density at radius 2 is 1.72 bits per heavy atom. The molecule has 8 nitrogen and oxygen atoms in total. The van der Waals surface area contributed by atoms with Crippen LogP contribution in [0, 0.1) is 5.92 Å². The first-order chi connectivity index (χ1) is 15.6. The van der Waals surface area contributed by atoms with Crippen molar-refractivity contribution in [2.24, 2.45) is 5.92 Å². The SMILES string of the molecule is CC1c2ncc(C(=O)N3CCC(c4ccncc4)CC3)n2CCN1C(=O)C1CCOCC1. The lowest BCUT2D eigenvalue weighted by atomic mass is 9.90. The standard InChI is InChI=1S/C24H31N5O3/c1-17-22-26-16-21(29(22)13-12-28(17)23(30)20-6-14-32-15-7-20)24(31)27-10-4-19(5-11-27)18-2-8-25-9-3-18/h2-3,8-9,16-17,19-20H,4-7,10-15H2,1H3. The highest BCUT2D eigenvalue weighted by atomic mass is 16.5. The molecule has 3 aliphatic rings. The lowest BCUT2D eigenvalue weighted by molar-refractivity contribution is -0.142. The van der Waals surface area contributed by atoms with Crippen LogP contribution < -0.4 is 0 Å². The van der Waals surface area contributed by atoms with Crippen LogP contribution in [-0.4, -0.2) is 69.0 Å². The summed E-state index contributed by atoms with van der Waals surface area (Å²) in [4.78, 5) is 38.9. The second-order valence-corrected chi connectivity index (χ2v) is 9.09. The molecule has 0 saturated carbocycles. The maximum atomic E-state index is 13.3. The molecule has 0 radical (unpaired) electrons. The minimum Gasteiger partial charge on any atom is -0.381 e. The van der Waals surface area contributed by atoms with Crippen LogP contribution in [0.25, 0.3) is 0 Å². The van der Waals surface area contributed by atoms with Gasteiger partial charge in [0.25, 0.3) is 5.91 Å². The van der Waals surface area contributed by atoms with Crippen molar-refractivity contribution in [2.75, 3.05) is 32.8 Å². The third-order valence-electron chi connectivity index (χ3n) is 7.32. The Kier molecular flexibility index (Phi) is 5.95. The second kappa shape index (κ2) is 9.02. The number of likely N-dealkylation sites (tertiary alicyclic amines) is 1. The number of nitrogens with zero attached hydrogens (tertiary/aromatic N) is 5. The topological polar surface area (TPSA) is 80.6 Å². The van der Waals surface area contributed by atoms with Gasteiger partial charge in [-0.3, -0.25) is 14.6 Å². The monoisotopic (exact) mass is 437 g/mol. The number of pyridine rings is 1. The Morgan fingerprint density at radius 3 is 2.44 bits per heavy atom. The van der Waals surface area contributed by atoms with Crippen LogP contribution in [0.3, 0.4) is 0 Å². The molecule has 32 heavy (non-hydrogen) atoms. The minimum atomic E-state index is -0.127. The zero-order valence-electron chi connectivity index (χ0n) is 18.7. The molecule has 0 spiro atoms. The minimum absolute atomic E-state index is 0.0375. The normalized spacial score (nSPS) is 22.6. The maximum Gasteiger partial charge on any atom is 0.272 e. The van der Waals surface area contributed by atoms with Gasteiger partial charge in [-0.25, -0.2) is 4.98 Å². The third-order valence-corrected chi connectivity index (χ3v) is 7.32. The van der Waals surface area contributed by atoms with Gasteiger partial charge in [-0.2, -0.15) is 0 Å². The van der Waals surface area contributed by atoms with Gasteiger partial charge < -0.3 is 19.1 Å². The lowest BCUT2D eigenvalue weighted by Crippen LogP contribution is -2.46. The molecule has 0 aromatic carbocycles. The zero-order chi connectivity index (χ0) is 22.1. The van der Waals surface area contributed by atoms with Gasteiger partial charge in [0.15, 0.2) is 0 Å². The van der Waals surface area contributed by atoms with E-state index in [0.717, 1.165) is 44.6 Å². The summed E-state index contributed by atoms with van der Waals surface area (Å²) in [5, 5.41) is 0. The first-order valence-electron chi connectivity index (χ1n) is 11.8. The van der Waals surface area contributed by atoms with Gasteiger partial charge in [0.1, 0.15) is 11.5 Å². The molecule has 170 valence electrons. The molecular weight excluding hydrogens is 406 g/mol. The van der Waals surface area contributed by atoms with Gasteiger partial charge in [0, 0.05) is 57.7 Å². The number of hydrogen-bond donors (Lipinski definition) is 0. The van der Waals surface area contributed by atoms with Crippen molar-refractivity contribution < 1.29 is 14.3 Å². The molecule has 2 amide bonds. The van der Waals surface area contributed by atoms with Crippen molar-refractivity contribution in [1.29, 1.82) is 0 Å². The van der Waals surface area contributed by atoms with Crippen LogP contribution in [0.2, 0.25) is 0 Å². The number of carbonyl (C=O) groups excluding carboxylic acids is 2. The molecule has 2 fully saturated rings. The Hall–Kier alpha value is -2.74. The van der Waals surface area contributed by atoms with Gasteiger partial charge in [-0.1, -0.05) is 0 Å². The molecule has 5 heterocycles. The van der Waals surface area contributed by atoms with Crippen LogP contribution >= 0.6 is 0 Å². The van der Waals surface area contributed by atoms with Gasteiger partial charge in [0.2, 0.25) is 5.91 Å². The third kappa shape index (κ3) is 3.92. The van der Waals surface area contributed by atoms with Crippen LogP contribution in [-0.2, 0) is 16.1 Å². The summed E-state index contributed by atoms with van der Waals surface area (Å²) in [6.07, 6.45) is 8.86. The number of aromatic nitrogens is 3. The summed E-state index contributed by atoms with van der Waals surface area (Å²) in [6, 6.07) is 4.02. The summed E-state index contributed by atoms with van der Waals surface area (Å²) in [5.41, 5.74) is 1.95. The van der Waals surface area contributed by atoms with Crippen LogP contribution in [0.5, 0.6) is 0 Å². The number of fused-ring (bicyclic) bond motifs is 1. The van der Waals surface area contributed by atoms with Crippen molar-refractivity contribution in [1.82, 2.24) is 24.3 Å². The molecule has 3 aliphatic heterocycles. The highest BCUT2D eigenvalue weighted by molar-refractivity contribution is 5.92. The number of ether oxygens (including phenoxy) is 1. The summed E-state index contributed by atoms with van der Waals surface area (Å²) in [5.74, 6) is 1.57. The first-order valence-corrected chi connectivity index (χ1v) is 11.8. The number of piperidine rings is 1. The van der Waals surface area contributed by atoms with E-state index in [1.54, 1.807) is 6.20 Å². The number of amides is 2. The van der Waals surface area contributed by atoms with E-state index < -0.39 is 0 Å². The van der Waals surface area contributed by atoms with E-state index >= 15 is 0 Å². The summed E-state index contributed by atoms with van der Waals surface area (Å²) < 4.78 is 7.43. The molecule has 1 unspecified atom stereocenters. The first kappa shape index (κ1) is 21.1. The van der Waals surface area contributed by atoms with Gasteiger partial charge in [0.05, 0.1) is 12.2 Å².